The van der Waals surface area contributed by atoms with Crippen LogP contribution in [0.25, 0.3) is 0 Å². The number of benzene rings is 2. The first-order valence-corrected chi connectivity index (χ1v) is 8.87. The number of nitrogens with one attached hydrogen (secondary N) is 2. The van der Waals surface area contributed by atoms with Crippen LogP contribution in [0.5, 0.6) is 5.75 Å². The average Bonchev–Trinajstić information content (AvgIpc) is 2.53. The smallest absolute Gasteiger partial charge is 0.316 e. The van der Waals surface area contributed by atoms with E-state index in [2.05, 4.69) is 10.0 Å². The van der Waals surface area contributed by atoms with Gasteiger partial charge in [-0.3, -0.25) is 4.72 Å². The molecule has 7 nitrogen and oxygen atoms in total. The molecule has 0 radical (unpaired) electrons. The molecule has 0 spiro atoms. The highest BCUT2D eigenvalue weighted by molar-refractivity contribution is 7.92. The molecular formula is C16H17N3O4S. The molecule has 0 aromatic heterocycles. The number of urea groups is 1. The molecule has 24 heavy (non-hydrogen) atoms. The highest BCUT2D eigenvalue weighted by Gasteiger charge is 2.18. The number of anilines is 2. The minimum absolute atomic E-state index is 0.167. The zero-order valence-electron chi connectivity index (χ0n) is 12.8. The van der Waals surface area contributed by atoms with E-state index < -0.39 is 16.1 Å². The van der Waals surface area contributed by atoms with Gasteiger partial charge in [-0.15, -0.1) is 0 Å². The van der Waals surface area contributed by atoms with E-state index >= 15 is 0 Å². The highest BCUT2D eigenvalue weighted by Crippen LogP contribution is 2.28. The van der Waals surface area contributed by atoms with E-state index in [4.69, 9.17) is 10.5 Å². The van der Waals surface area contributed by atoms with Crippen molar-refractivity contribution in [3.8, 4) is 5.75 Å². The van der Waals surface area contributed by atoms with Gasteiger partial charge in [0.05, 0.1) is 17.2 Å². The van der Waals surface area contributed by atoms with Gasteiger partial charge in [-0.2, -0.15) is 0 Å². The van der Waals surface area contributed by atoms with Gasteiger partial charge in [0.25, 0.3) is 10.0 Å². The molecule has 2 aromatic carbocycles. The van der Waals surface area contributed by atoms with Crippen LogP contribution in [-0.4, -0.2) is 21.1 Å². The number of amides is 2. The number of hydrogen-bond acceptors (Lipinski definition) is 4. The Morgan fingerprint density at radius 2 is 1.92 bits per heavy atom. The molecule has 3 rings (SSSR count). The van der Waals surface area contributed by atoms with Crippen molar-refractivity contribution in [2.45, 2.75) is 17.7 Å². The van der Waals surface area contributed by atoms with Crippen LogP contribution in [0, 0.1) is 0 Å². The van der Waals surface area contributed by atoms with Crippen LogP contribution in [-0.2, 0) is 16.4 Å². The number of sulfonamides is 1. The van der Waals surface area contributed by atoms with E-state index in [1.54, 1.807) is 30.3 Å². The standard InChI is InChI=1S/C16H17N3O4S/c17-16(20)18-12-4-1-5-13(10-12)19-24(21,22)14-6-7-15-11(9-14)3-2-8-23-15/h1,4-7,9-10,19H,2-3,8H2,(H3,17,18,20). The quantitative estimate of drug-likeness (QED) is 0.788. The third kappa shape index (κ3) is 3.60. The van der Waals surface area contributed by atoms with E-state index in [-0.39, 0.29) is 4.90 Å². The summed E-state index contributed by atoms with van der Waals surface area (Å²) < 4.78 is 33.1. The van der Waals surface area contributed by atoms with Crippen molar-refractivity contribution in [2.24, 2.45) is 5.73 Å². The molecule has 0 aliphatic carbocycles. The van der Waals surface area contributed by atoms with Crippen LogP contribution in [0.1, 0.15) is 12.0 Å². The van der Waals surface area contributed by atoms with Crippen LogP contribution in [0.2, 0.25) is 0 Å². The Labute approximate surface area is 139 Å². The maximum absolute atomic E-state index is 12.6. The van der Waals surface area contributed by atoms with Gasteiger partial charge in [-0.25, -0.2) is 13.2 Å². The minimum atomic E-state index is -3.74. The van der Waals surface area contributed by atoms with Gasteiger partial charge in [-0.1, -0.05) is 6.07 Å². The maximum atomic E-state index is 12.6. The summed E-state index contributed by atoms with van der Waals surface area (Å²) in [6.45, 7) is 0.650. The van der Waals surface area contributed by atoms with Gasteiger partial charge in [-0.05, 0) is 54.8 Å². The van der Waals surface area contributed by atoms with Crippen LogP contribution in [0.15, 0.2) is 47.4 Å². The topological polar surface area (TPSA) is 111 Å². The second kappa shape index (κ2) is 6.40. The molecule has 0 atom stereocenters. The molecule has 0 fully saturated rings. The van der Waals surface area contributed by atoms with Gasteiger partial charge in [0.2, 0.25) is 0 Å². The second-order valence-corrected chi connectivity index (χ2v) is 7.08. The van der Waals surface area contributed by atoms with Gasteiger partial charge in [0, 0.05) is 5.69 Å². The summed E-state index contributed by atoms with van der Waals surface area (Å²) in [5, 5.41) is 2.40. The fourth-order valence-electron chi connectivity index (χ4n) is 2.52. The average molecular weight is 347 g/mol. The van der Waals surface area contributed by atoms with Gasteiger partial charge < -0.3 is 15.8 Å². The van der Waals surface area contributed by atoms with Crippen LogP contribution < -0.4 is 20.5 Å². The maximum Gasteiger partial charge on any atom is 0.316 e. The number of ether oxygens (including phenoxy) is 1. The Bertz CT molecular complexity index is 881. The van der Waals surface area contributed by atoms with Crippen molar-refractivity contribution in [1.29, 1.82) is 0 Å². The number of nitrogens with two attached hydrogens (primary N) is 1. The van der Waals surface area contributed by atoms with E-state index in [0.29, 0.717) is 18.0 Å². The Balaban J connectivity index is 1.85. The summed E-state index contributed by atoms with van der Waals surface area (Å²) in [5.41, 5.74) is 6.67. The SMILES string of the molecule is NC(=O)Nc1cccc(NS(=O)(=O)c2ccc3c(c2)CCCO3)c1. The molecule has 4 N–H and O–H groups in total. The molecule has 0 saturated heterocycles. The summed E-state index contributed by atoms with van der Waals surface area (Å²) in [6, 6.07) is 10.4. The Morgan fingerprint density at radius 1 is 1.12 bits per heavy atom. The number of fused-ring (bicyclic) bond motifs is 1. The van der Waals surface area contributed by atoms with E-state index in [1.807, 2.05) is 0 Å². The number of carbonyl (C=O) groups excluding carboxylic acids is 1. The van der Waals surface area contributed by atoms with E-state index in [0.717, 1.165) is 24.2 Å². The largest absolute Gasteiger partial charge is 0.493 e. The molecular weight excluding hydrogens is 330 g/mol. The molecule has 0 saturated carbocycles. The van der Waals surface area contributed by atoms with Crippen LogP contribution >= 0.6 is 0 Å². The van der Waals surface area contributed by atoms with Gasteiger partial charge >= 0.3 is 6.03 Å². The predicted octanol–water partition coefficient (Wildman–Crippen LogP) is 2.30. The highest BCUT2D eigenvalue weighted by atomic mass is 32.2. The lowest BCUT2D eigenvalue weighted by Crippen LogP contribution is -2.19. The van der Waals surface area contributed by atoms with Crippen molar-refractivity contribution in [1.82, 2.24) is 0 Å². The van der Waals surface area contributed by atoms with Crippen molar-refractivity contribution in [2.75, 3.05) is 16.6 Å². The minimum Gasteiger partial charge on any atom is -0.493 e. The number of primary amides is 1. The molecule has 1 aliphatic heterocycles. The third-order valence-electron chi connectivity index (χ3n) is 3.57. The molecule has 2 aromatic rings. The first-order valence-electron chi connectivity index (χ1n) is 7.39. The second-order valence-electron chi connectivity index (χ2n) is 5.40. The fraction of sp³-hybridized carbons (Fsp3) is 0.188. The van der Waals surface area contributed by atoms with Crippen LogP contribution in [0.4, 0.5) is 16.2 Å². The molecule has 1 aliphatic rings. The van der Waals surface area contributed by atoms with Crippen molar-refractivity contribution >= 4 is 27.4 Å². The summed E-state index contributed by atoms with van der Waals surface area (Å²) in [4.78, 5) is 11.1. The summed E-state index contributed by atoms with van der Waals surface area (Å²) in [5.74, 6) is 0.729. The molecule has 0 unspecified atom stereocenters. The summed E-state index contributed by atoms with van der Waals surface area (Å²) in [7, 11) is -3.74. The Kier molecular flexibility index (Phi) is 4.30. The van der Waals surface area contributed by atoms with Crippen LogP contribution in [0.3, 0.4) is 0 Å². The third-order valence-corrected chi connectivity index (χ3v) is 4.95. The zero-order valence-corrected chi connectivity index (χ0v) is 13.6. The summed E-state index contributed by atoms with van der Waals surface area (Å²) >= 11 is 0. The number of aryl methyl sites for hydroxylation is 1. The summed E-state index contributed by atoms with van der Waals surface area (Å²) in [6.07, 6.45) is 1.65. The zero-order chi connectivity index (χ0) is 17.2. The molecule has 1 heterocycles. The lowest BCUT2D eigenvalue weighted by molar-refractivity contribution is 0.259. The molecule has 2 amide bonds. The first kappa shape index (κ1) is 16.1. The van der Waals surface area contributed by atoms with E-state index in [1.165, 1.54) is 12.1 Å². The normalized spacial score (nSPS) is 13.5. The molecule has 8 heteroatoms. The number of carbonyl (C=O) groups is 1. The van der Waals surface area contributed by atoms with Gasteiger partial charge in [0.15, 0.2) is 0 Å². The first-order chi connectivity index (χ1) is 11.4. The molecule has 0 bridgehead atoms. The lowest BCUT2D eigenvalue weighted by atomic mass is 10.1. The van der Waals surface area contributed by atoms with Crippen molar-refractivity contribution in [3.05, 3.63) is 48.0 Å². The number of hydrogen-bond donors (Lipinski definition) is 3. The lowest BCUT2D eigenvalue weighted by Gasteiger charge is -2.18. The van der Waals surface area contributed by atoms with E-state index in [9.17, 15) is 13.2 Å². The Morgan fingerprint density at radius 3 is 2.71 bits per heavy atom. The fourth-order valence-corrected chi connectivity index (χ4v) is 3.62. The Hall–Kier alpha value is -2.74. The van der Waals surface area contributed by atoms with Crippen molar-refractivity contribution in [3.63, 3.8) is 0 Å². The van der Waals surface area contributed by atoms with Gasteiger partial charge in [0.1, 0.15) is 5.75 Å². The van der Waals surface area contributed by atoms with Crippen molar-refractivity contribution < 1.29 is 17.9 Å². The predicted molar refractivity (Wildman–Crippen MR) is 90.7 cm³/mol. The monoisotopic (exact) mass is 347 g/mol. The molecule has 126 valence electrons. The number of rotatable bonds is 4.